The number of hydrogen-bond donors (Lipinski definition) is 1. The number of hydrazone groups is 1. The summed E-state index contributed by atoms with van der Waals surface area (Å²) in [6.07, 6.45) is -2.98. The Bertz CT molecular complexity index is 943. The lowest BCUT2D eigenvalue weighted by Crippen LogP contribution is -2.05. The third-order valence-electron chi connectivity index (χ3n) is 3.53. The van der Waals surface area contributed by atoms with E-state index in [0.29, 0.717) is 17.1 Å². The summed E-state index contributed by atoms with van der Waals surface area (Å²) in [7, 11) is 0. The molecular weight excluding hydrogens is 377 g/mol. The van der Waals surface area contributed by atoms with E-state index in [1.165, 1.54) is 12.3 Å². The lowest BCUT2D eigenvalue weighted by molar-refractivity contribution is -0.137. The number of para-hydroxylation sites is 1. The van der Waals surface area contributed by atoms with Gasteiger partial charge in [0.15, 0.2) is 0 Å². The number of halogens is 4. The minimum atomic E-state index is -4.45. The monoisotopic (exact) mass is 390 g/mol. The maximum Gasteiger partial charge on any atom is 0.416 e. The zero-order valence-corrected chi connectivity index (χ0v) is 14.6. The molecule has 27 heavy (non-hydrogen) atoms. The van der Waals surface area contributed by atoms with Gasteiger partial charge in [-0.2, -0.15) is 18.3 Å². The summed E-state index contributed by atoms with van der Waals surface area (Å²) in [5.41, 5.74) is 2.51. The second kappa shape index (κ2) is 8.14. The molecule has 0 heterocycles. The van der Waals surface area contributed by atoms with Gasteiger partial charge in [-0.05, 0) is 48.0 Å². The normalized spacial score (nSPS) is 11.6. The van der Waals surface area contributed by atoms with Crippen molar-refractivity contribution in [1.29, 1.82) is 0 Å². The second-order valence-electron chi connectivity index (χ2n) is 5.55. The highest BCUT2D eigenvalue weighted by Gasteiger charge is 2.30. The smallest absolute Gasteiger partial charge is 0.416 e. The van der Waals surface area contributed by atoms with Crippen molar-refractivity contribution in [2.75, 3.05) is 5.43 Å². The van der Waals surface area contributed by atoms with E-state index in [1.807, 2.05) is 30.3 Å². The molecule has 138 valence electrons. The molecule has 0 atom stereocenters. The van der Waals surface area contributed by atoms with Crippen molar-refractivity contribution in [2.45, 2.75) is 6.18 Å². The number of nitrogens with one attached hydrogen (secondary N) is 1. The Morgan fingerprint density at radius 1 is 0.889 bits per heavy atom. The molecule has 0 saturated carbocycles. The Hall–Kier alpha value is -2.99. The molecule has 1 N–H and O–H groups in total. The first kappa shape index (κ1) is 18.8. The van der Waals surface area contributed by atoms with Crippen molar-refractivity contribution in [3.63, 3.8) is 0 Å². The summed E-state index contributed by atoms with van der Waals surface area (Å²) in [6, 6.07) is 19.4. The molecule has 3 rings (SSSR count). The Labute approximate surface area is 159 Å². The number of nitrogens with zero attached hydrogens (tertiary/aromatic N) is 1. The van der Waals surface area contributed by atoms with Gasteiger partial charge < -0.3 is 4.74 Å². The van der Waals surface area contributed by atoms with Crippen LogP contribution >= 0.6 is 11.6 Å². The molecule has 0 aliphatic carbocycles. The van der Waals surface area contributed by atoms with Crippen molar-refractivity contribution in [1.82, 2.24) is 0 Å². The van der Waals surface area contributed by atoms with Crippen LogP contribution in [0.2, 0.25) is 5.02 Å². The fourth-order valence-electron chi connectivity index (χ4n) is 2.25. The summed E-state index contributed by atoms with van der Waals surface area (Å²) in [5, 5.41) is 4.10. The summed E-state index contributed by atoms with van der Waals surface area (Å²) < 4.78 is 44.1. The number of anilines is 1. The molecule has 0 aliphatic rings. The Morgan fingerprint density at radius 3 is 2.37 bits per heavy atom. The molecule has 0 amide bonds. The maximum absolute atomic E-state index is 12.8. The summed E-state index contributed by atoms with van der Waals surface area (Å²) in [4.78, 5) is 0. The largest absolute Gasteiger partial charge is 0.457 e. The van der Waals surface area contributed by atoms with Crippen LogP contribution in [0.25, 0.3) is 0 Å². The molecule has 0 spiro atoms. The number of rotatable bonds is 5. The molecule has 0 unspecified atom stereocenters. The number of benzene rings is 3. The van der Waals surface area contributed by atoms with Crippen molar-refractivity contribution in [2.24, 2.45) is 5.10 Å². The topological polar surface area (TPSA) is 33.6 Å². The van der Waals surface area contributed by atoms with Gasteiger partial charge in [-0.3, -0.25) is 5.43 Å². The van der Waals surface area contributed by atoms with E-state index < -0.39 is 11.7 Å². The predicted octanol–water partition coefficient (Wildman–Crippen LogP) is 6.60. The van der Waals surface area contributed by atoms with Gasteiger partial charge in [-0.1, -0.05) is 41.9 Å². The van der Waals surface area contributed by atoms with Gasteiger partial charge in [0.25, 0.3) is 0 Å². The van der Waals surface area contributed by atoms with Gasteiger partial charge in [0.05, 0.1) is 22.5 Å². The van der Waals surface area contributed by atoms with Crippen molar-refractivity contribution >= 4 is 23.5 Å². The van der Waals surface area contributed by atoms with Crippen LogP contribution in [0.4, 0.5) is 18.9 Å². The summed E-state index contributed by atoms with van der Waals surface area (Å²) in [5.74, 6) is 1.31. The third-order valence-corrected chi connectivity index (χ3v) is 3.86. The number of ether oxygens (including phenoxy) is 1. The first-order valence-corrected chi connectivity index (χ1v) is 8.28. The highest BCUT2D eigenvalue weighted by Crippen LogP contribution is 2.33. The van der Waals surface area contributed by atoms with Gasteiger partial charge in [0.2, 0.25) is 0 Å². The van der Waals surface area contributed by atoms with Crippen molar-refractivity contribution in [3.8, 4) is 11.5 Å². The Morgan fingerprint density at radius 2 is 1.63 bits per heavy atom. The average Bonchev–Trinajstić information content (AvgIpc) is 2.63. The van der Waals surface area contributed by atoms with Gasteiger partial charge in [-0.25, -0.2) is 0 Å². The molecule has 0 saturated heterocycles. The number of alkyl halides is 3. The first-order valence-electron chi connectivity index (χ1n) is 7.90. The fourth-order valence-corrected chi connectivity index (χ4v) is 2.41. The first-order chi connectivity index (χ1) is 12.9. The molecular formula is C20H14ClF3N2O. The lowest BCUT2D eigenvalue weighted by Gasteiger charge is -2.10. The third kappa shape index (κ3) is 5.24. The van der Waals surface area contributed by atoms with E-state index in [9.17, 15) is 13.2 Å². The van der Waals surface area contributed by atoms with Crippen LogP contribution in [-0.4, -0.2) is 6.21 Å². The molecule has 3 nitrogen and oxygen atoms in total. The minimum Gasteiger partial charge on any atom is -0.457 e. The van der Waals surface area contributed by atoms with E-state index in [4.69, 9.17) is 16.3 Å². The maximum atomic E-state index is 12.8. The molecule has 0 aromatic heterocycles. The highest BCUT2D eigenvalue weighted by molar-refractivity contribution is 6.33. The highest BCUT2D eigenvalue weighted by atomic mass is 35.5. The lowest BCUT2D eigenvalue weighted by atomic mass is 10.2. The SMILES string of the molecule is FC(F)(F)c1ccc(Cl)c(N/N=C/c2cccc(Oc3ccccc3)c2)c1. The Kier molecular flexibility index (Phi) is 5.66. The average molecular weight is 391 g/mol. The molecule has 0 bridgehead atoms. The van der Waals surface area contributed by atoms with E-state index in [0.717, 1.165) is 12.1 Å². The molecule has 0 aliphatic heterocycles. The summed E-state index contributed by atoms with van der Waals surface area (Å²) in [6.45, 7) is 0. The molecule has 0 radical (unpaired) electrons. The zero-order valence-electron chi connectivity index (χ0n) is 13.9. The zero-order chi connectivity index (χ0) is 19.3. The van der Waals surface area contributed by atoms with Crippen LogP contribution in [-0.2, 0) is 6.18 Å². The van der Waals surface area contributed by atoms with E-state index in [-0.39, 0.29) is 10.7 Å². The summed E-state index contributed by atoms with van der Waals surface area (Å²) >= 11 is 5.92. The van der Waals surface area contributed by atoms with Crippen LogP contribution in [0.1, 0.15) is 11.1 Å². The van der Waals surface area contributed by atoms with Crippen LogP contribution < -0.4 is 10.2 Å². The van der Waals surface area contributed by atoms with Crippen molar-refractivity contribution < 1.29 is 17.9 Å². The van der Waals surface area contributed by atoms with Crippen LogP contribution in [0.3, 0.4) is 0 Å². The van der Waals surface area contributed by atoms with Crippen LogP contribution in [0, 0.1) is 0 Å². The van der Waals surface area contributed by atoms with E-state index >= 15 is 0 Å². The second-order valence-corrected chi connectivity index (χ2v) is 5.96. The van der Waals surface area contributed by atoms with E-state index in [1.54, 1.807) is 24.3 Å². The quantitative estimate of drug-likeness (QED) is 0.393. The Balaban J connectivity index is 1.71. The molecule has 3 aromatic rings. The minimum absolute atomic E-state index is 0.0689. The van der Waals surface area contributed by atoms with Crippen LogP contribution in [0.5, 0.6) is 11.5 Å². The van der Waals surface area contributed by atoms with E-state index in [2.05, 4.69) is 10.5 Å². The molecule has 3 aromatic carbocycles. The number of hydrogen-bond acceptors (Lipinski definition) is 3. The van der Waals surface area contributed by atoms with Crippen molar-refractivity contribution in [3.05, 3.63) is 88.9 Å². The molecule has 0 fully saturated rings. The molecule has 7 heteroatoms. The van der Waals surface area contributed by atoms with Gasteiger partial charge in [0, 0.05) is 0 Å². The van der Waals surface area contributed by atoms with Gasteiger partial charge in [-0.15, -0.1) is 0 Å². The van der Waals surface area contributed by atoms with Crippen LogP contribution in [0.15, 0.2) is 77.9 Å². The fraction of sp³-hybridized carbons (Fsp3) is 0.0500. The van der Waals surface area contributed by atoms with Gasteiger partial charge >= 0.3 is 6.18 Å². The standard InChI is InChI=1S/C20H14ClF3N2O/c21-18-10-9-15(20(22,23)24)12-19(18)26-25-13-14-5-4-8-17(11-14)27-16-6-2-1-3-7-16/h1-13,26H/b25-13+. The predicted molar refractivity (Wildman–Crippen MR) is 101 cm³/mol. The van der Waals surface area contributed by atoms with Gasteiger partial charge in [0.1, 0.15) is 11.5 Å².